The number of rotatable bonds is 4. The first-order chi connectivity index (χ1) is 7.08. The molecular formula is C10H11BrCl2O2. The molecule has 0 aliphatic heterocycles. The second-order valence-corrected chi connectivity index (χ2v) is 4.82. The van der Waals surface area contributed by atoms with E-state index in [1.54, 1.807) is 12.1 Å². The molecule has 0 radical (unpaired) electrons. The van der Waals surface area contributed by atoms with Gasteiger partial charge in [0.05, 0.1) is 16.7 Å². The Balaban J connectivity index is 2.98. The van der Waals surface area contributed by atoms with E-state index in [-0.39, 0.29) is 11.6 Å². The predicted molar refractivity (Wildman–Crippen MR) is 66.0 cm³/mol. The minimum atomic E-state index is -0.118. The molecule has 0 bridgehead atoms. The lowest BCUT2D eigenvalue weighted by atomic mass is 10.2. The van der Waals surface area contributed by atoms with Crippen LogP contribution in [0.25, 0.3) is 0 Å². The van der Waals surface area contributed by atoms with Crippen LogP contribution in [0.3, 0.4) is 0 Å². The number of aliphatic hydroxyl groups excluding tert-OH is 1. The molecule has 1 N–H and O–H groups in total. The third-order valence-corrected chi connectivity index (χ3v) is 3.20. The molecule has 0 saturated carbocycles. The highest BCUT2D eigenvalue weighted by Gasteiger charge is 2.12. The Morgan fingerprint density at radius 1 is 1.40 bits per heavy atom. The number of alkyl halides is 1. The van der Waals surface area contributed by atoms with Gasteiger partial charge in [-0.15, -0.1) is 0 Å². The Bertz CT molecular complexity index is 321. The first-order valence-electron chi connectivity index (χ1n) is 4.48. The van der Waals surface area contributed by atoms with E-state index in [2.05, 4.69) is 15.9 Å². The van der Waals surface area contributed by atoms with Gasteiger partial charge >= 0.3 is 0 Å². The number of hydrogen-bond donors (Lipinski definition) is 1. The maximum Gasteiger partial charge on any atom is 0.158 e. The maximum atomic E-state index is 8.94. The van der Waals surface area contributed by atoms with E-state index in [0.29, 0.717) is 21.4 Å². The lowest BCUT2D eigenvalue weighted by Crippen LogP contribution is -2.06. The highest BCUT2D eigenvalue weighted by atomic mass is 79.9. The van der Waals surface area contributed by atoms with Crippen molar-refractivity contribution in [3.05, 3.63) is 27.7 Å². The van der Waals surface area contributed by atoms with Gasteiger partial charge in [-0.1, -0.05) is 30.1 Å². The Kier molecular flexibility index (Phi) is 5.19. The largest absolute Gasteiger partial charge is 0.476 e. The number of halogens is 3. The summed E-state index contributed by atoms with van der Waals surface area (Å²) in [6.07, 6.45) is 0.800. The van der Waals surface area contributed by atoms with Gasteiger partial charge in [0, 0.05) is 0 Å². The van der Waals surface area contributed by atoms with E-state index >= 15 is 0 Å². The van der Waals surface area contributed by atoms with Crippen molar-refractivity contribution in [1.82, 2.24) is 0 Å². The Hall–Kier alpha value is 0.0400. The van der Waals surface area contributed by atoms with Crippen molar-refractivity contribution in [2.24, 2.45) is 0 Å². The molecule has 15 heavy (non-hydrogen) atoms. The molecule has 1 aromatic carbocycles. The molecule has 0 aliphatic rings. The summed E-state index contributed by atoms with van der Waals surface area (Å²) < 4.78 is 5.50. The molecule has 5 heteroatoms. The van der Waals surface area contributed by atoms with Crippen LogP contribution in [0.5, 0.6) is 5.75 Å². The molecule has 1 unspecified atom stereocenters. The van der Waals surface area contributed by atoms with Crippen LogP contribution in [-0.4, -0.2) is 10.1 Å². The Morgan fingerprint density at radius 2 is 1.93 bits per heavy atom. The monoisotopic (exact) mass is 312 g/mol. The summed E-state index contributed by atoms with van der Waals surface area (Å²) in [4.78, 5) is 0. The van der Waals surface area contributed by atoms with Crippen molar-refractivity contribution in [2.75, 3.05) is 0 Å². The molecular weight excluding hydrogens is 303 g/mol. The normalized spacial score (nSPS) is 12.6. The summed E-state index contributed by atoms with van der Waals surface area (Å²) in [5.74, 6) is 0.444. The number of ether oxygens (including phenoxy) is 1. The summed E-state index contributed by atoms with van der Waals surface area (Å²) in [5, 5.41) is 9.63. The van der Waals surface area contributed by atoms with Crippen molar-refractivity contribution >= 4 is 39.1 Å². The van der Waals surface area contributed by atoms with Crippen LogP contribution in [0.15, 0.2) is 12.1 Å². The van der Waals surface area contributed by atoms with Crippen LogP contribution in [0.2, 0.25) is 10.0 Å². The van der Waals surface area contributed by atoms with Crippen LogP contribution in [0, 0.1) is 0 Å². The van der Waals surface area contributed by atoms with Gasteiger partial charge in [0.1, 0.15) is 0 Å². The van der Waals surface area contributed by atoms with Crippen LogP contribution in [0.1, 0.15) is 18.9 Å². The fourth-order valence-corrected chi connectivity index (χ4v) is 1.84. The van der Waals surface area contributed by atoms with E-state index in [0.717, 1.165) is 6.42 Å². The average Bonchev–Trinajstić information content (AvgIpc) is 2.22. The van der Waals surface area contributed by atoms with Gasteiger partial charge in [0.2, 0.25) is 0 Å². The molecule has 0 aliphatic carbocycles. The number of hydrogen-bond acceptors (Lipinski definition) is 2. The molecule has 1 aromatic rings. The van der Waals surface area contributed by atoms with Gasteiger partial charge in [0.15, 0.2) is 10.8 Å². The molecule has 2 nitrogen and oxygen atoms in total. The van der Waals surface area contributed by atoms with Gasteiger partial charge in [-0.3, -0.25) is 0 Å². The summed E-state index contributed by atoms with van der Waals surface area (Å²) in [7, 11) is 0. The smallest absolute Gasteiger partial charge is 0.158 e. The zero-order valence-corrected chi connectivity index (χ0v) is 11.2. The SMILES string of the molecule is CCC(Br)Oc1c(Cl)cc(CO)cc1Cl. The van der Waals surface area contributed by atoms with Crippen molar-refractivity contribution < 1.29 is 9.84 Å². The second kappa shape index (κ2) is 5.94. The first kappa shape index (κ1) is 13.1. The third-order valence-electron chi connectivity index (χ3n) is 1.81. The molecule has 1 rings (SSSR count). The molecule has 0 spiro atoms. The summed E-state index contributed by atoms with van der Waals surface area (Å²) in [5.41, 5.74) is 0.667. The van der Waals surface area contributed by atoms with E-state index in [9.17, 15) is 0 Å². The predicted octanol–water partition coefficient (Wildman–Crippen LogP) is 4.00. The summed E-state index contributed by atoms with van der Waals surface area (Å²) in [6, 6.07) is 3.27. The summed E-state index contributed by atoms with van der Waals surface area (Å²) >= 11 is 15.3. The van der Waals surface area contributed by atoms with Crippen molar-refractivity contribution in [2.45, 2.75) is 25.0 Å². The maximum absolute atomic E-state index is 8.94. The van der Waals surface area contributed by atoms with Crippen LogP contribution >= 0.6 is 39.1 Å². The van der Waals surface area contributed by atoms with Gasteiger partial charge in [-0.05, 0) is 40.0 Å². The first-order valence-corrected chi connectivity index (χ1v) is 6.15. The van der Waals surface area contributed by atoms with E-state index in [1.165, 1.54) is 0 Å². The molecule has 84 valence electrons. The van der Waals surface area contributed by atoms with Crippen LogP contribution in [-0.2, 0) is 6.61 Å². The fraction of sp³-hybridized carbons (Fsp3) is 0.400. The zero-order valence-electron chi connectivity index (χ0n) is 8.14. The second-order valence-electron chi connectivity index (χ2n) is 2.98. The lowest BCUT2D eigenvalue weighted by molar-refractivity contribution is 0.279. The van der Waals surface area contributed by atoms with E-state index in [4.69, 9.17) is 33.0 Å². The average molecular weight is 314 g/mol. The quantitative estimate of drug-likeness (QED) is 0.851. The third kappa shape index (κ3) is 3.52. The van der Waals surface area contributed by atoms with E-state index < -0.39 is 0 Å². The zero-order chi connectivity index (χ0) is 11.4. The number of aliphatic hydroxyl groups is 1. The van der Waals surface area contributed by atoms with Gasteiger partial charge in [0.25, 0.3) is 0 Å². The molecule has 0 heterocycles. The van der Waals surface area contributed by atoms with Gasteiger partial charge in [-0.2, -0.15) is 0 Å². The molecule has 0 saturated heterocycles. The molecule has 0 amide bonds. The summed E-state index contributed by atoms with van der Waals surface area (Å²) in [6.45, 7) is 1.88. The van der Waals surface area contributed by atoms with E-state index in [1.807, 2.05) is 6.92 Å². The topological polar surface area (TPSA) is 29.5 Å². The molecule has 0 fully saturated rings. The minimum absolute atomic E-state index is 0.0920. The molecule has 1 atom stereocenters. The number of benzene rings is 1. The molecule has 0 aromatic heterocycles. The fourth-order valence-electron chi connectivity index (χ4n) is 1.03. The Morgan fingerprint density at radius 3 is 2.33 bits per heavy atom. The van der Waals surface area contributed by atoms with Crippen LogP contribution < -0.4 is 4.74 Å². The lowest BCUT2D eigenvalue weighted by Gasteiger charge is -2.14. The standard InChI is InChI=1S/C10H11BrCl2O2/c1-2-9(11)15-10-7(12)3-6(5-14)4-8(10)13/h3-4,9,14H,2,5H2,1H3. The highest BCUT2D eigenvalue weighted by molar-refractivity contribution is 9.09. The van der Waals surface area contributed by atoms with Crippen molar-refractivity contribution in [3.63, 3.8) is 0 Å². The highest BCUT2D eigenvalue weighted by Crippen LogP contribution is 2.35. The van der Waals surface area contributed by atoms with Gasteiger partial charge < -0.3 is 9.84 Å². The van der Waals surface area contributed by atoms with Crippen LogP contribution in [0.4, 0.5) is 0 Å². The van der Waals surface area contributed by atoms with Crippen molar-refractivity contribution in [3.8, 4) is 5.75 Å². The minimum Gasteiger partial charge on any atom is -0.476 e. The van der Waals surface area contributed by atoms with Gasteiger partial charge in [-0.25, -0.2) is 0 Å². The van der Waals surface area contributed by atoms with Crippen molar-refractivity contribution in [1.29, 1.82) is 0 Å². The Labute approximate surface area is 107 Å².